The lowest BCUT2D eigenvalue weighted by molar-refractivity contribution is -0.125. The van der Waals surface area contributed by atoms with Crippen LogP contribution >= 0.6 is 0 Å². The van der Waals surface area contributed by atoms with Crippen LogP contribution in [0, 0.1) is 6.92 Å². The number of aryl methyl sites for hydroxylation is 1. The van der Waals surface area contributed by atoms with Gasteiger partial charge in [0.05, 0.1) is 12.5 Å². The molecule has 5 nitrogen and oxygen atoms in total. The SMILES string of the molecule is CCn1ncc(CN(C)C(=O)/C=C/c2ccco2)c1C. The lowest BCUT2D eigenvalue weighted by atomic mass is 10.2. The van der Waals surface area contributed by atoms with Gasteiger partial charge in [0.2, 0.25) is 5.91 Å². The Morgan fingerprint density at radius 2 is 2.35 bits per heavy atom. The molecule has 0 aromatic carbocycles. The molecule has 0 aliphatic rings. The van der Waals surface area contributed by atoms with Crippen molar-refractivity contribution in [2.45, 2.75) is 26.9 Å². The van der Waals surface area contributed by atoms with Gasteiger partial charge in [0.1, 0.15) is 5.76 Å². The van der Waals surface area contributed by atoms with E-state index in [0.717, 1.165) is 17.8 Å². The molecule has 0 saturated carbocycles. The molecule has 0 spiro atoms. The highest BCUT2D eigenvalue weighted by Gasteiger charge is 2.11. The Balaban J connectivity index is 1.98. The molecule has 5 heteroatoms. The number of hydrogen-bond acceptors (Lipinski definition) is 3. The fraction of sp³-hybridized carbons (Fsp3) is 0.333. The second kappa shape index (κ2) is 6.23. The molecular formula is C15H19N3O2. The van der Waals surface area contributed by atoms with Crippen LogP contribution in [0.1, 0.15) is 23.9 Å². The van der Waals surface area contributed by atoms with Gasteiger partial charge in [-0.1, -0.05) is 0 Å². The Bertz CT molecular complexity index is 597. The van der Waals surface area contributed by atoms with Crippen LogP contribution < -0.4 is 0 Å². The minimum atomic E-state index is -0.0648. The normalized spacial score (nSPS) is 11.2. The Labute approximate surface area is 118 Å². The molecule has 0 N–H and O–H groups in total. The summed E-state index contributed by atoms with van der Waals surface area (Å²) in [4.78, 5) is 13.7. The lowest BCUT2D eigenvalue weighted by Gasteiger charge is -2.14. The molecule has 2 rings (SSSR count). The second-order valence-corrected chi connectivity index (χ2v) is 4.61. The number of carbonyl (C=O) groups excluding carboxylic acids is 1. The van der Waals surface area contributed by atoms with Gasteiger partial charge in [-0.3, -0.25) is 9.48 Å². The summed E-state index contributed by atoms with van der Waals surface area (Å²) in [5.74, 6) is 0.604. The summed E-state index contributed by atoms with van der Waals surface area (Å²) in [6.07, 6.45) is 6.58. The predicted molar refractivity (Wildman–Crippen MR) is 76.9 cm³/mol. The molecule has 1 amide bonds. The van der Waals surface area contributed by atoms with Crippen LogP contribution in [0.2, 0.25) is 0 Å². The van der Waals surface area contributed by atoms with Crippen LogP contribution in [-0.2, 0) is 17.9 Å². The molecule has 0 bridgehead atoms. The molecule has 0 radical (unpaired) electrons. The molecule has 106 valence electrons. The smallest absolute Gasteiger partial charge is 0.246 e. The lowest BCUT2D eigenvalue weighted by Crippen LogP contribution is -2.24. The number of hydrogen-bond donors (Lipinski definition) is 0. The first-order valence-electron chi connectivity index (χ1n) is 6.59. The van der Waals surface area contributed by atoms with Gasteiger partial charge in [-0.15, -0.1) is 0 Å². The molecule has 0 saturated heterocycles. The van der Waals surface area contributed by atoms with E-state index in [1.54, 1.807) is 36.4 Å². The van der Waals surface area contributed by atoms with Gasteiger partial charge in [0, 0.05) is 37.5 Å². The van der Waals surface area contributed by atoms with Gasteiger partial charge in [-0.05, 0) is 32.1 Å². The van der Waals surface area contributed by atoms with Crippen LogP contribution in [0.3, 0.4) is 0 Å². The van der Waals surface area contributed by atoms with Gasteiger partial charge in [0.25, 0.3) is 0 Å². The summed E-state index contributed by atoms with van der Waals surface area (Å²) in [6.45, 7) is 5.45. The van der Waals surface area contributed by atoms with Crippen LogP contribution in [0.5, 0.6) is 0 Å². The van der Waals surface area contributed by atoms with Gasteiger partial charge < -0.3 is 9.32 Å². The van der Waals surface area contributed by atoms with Crippen molar-refractivity contribution < 1.29 is 9.21 Å². The summed E-state index contributed by atoms with van der Waals surface area (Å²) in [7, 11) is 1.78. The van der Waals surface area contributed by atoms with E-state index in [9.17, 15) is 4.79 Å². The Morgan fingerprint density at radius 1 is 1.55 bits per heavy atom. The summed E-state index contributed by atoms with van der Waals surface area (Å²) in [5.41, 5.74) is 2.16. The third kappa shape index (κ3) is 3.17. The third-order valence-electron chi connectivity index (χ3n) is 3.22. The second-order valence-electron chi connectivity index (χ2n) is 4.61. The topological polar surface area (TPSA) is 51.3 Å². The number of likely N-dealkylation sites (N-methyl/N-ethyl adjacent to an activating group) is 1. The average molecular weight is 273 g/mol. The predicted octanol–water partition coefficient (Wildman–Crippen LogP) is 2.48. The Hall–Kier alpha value is -2.30. The van der Waals surface area contributed by atoms with Crippen LogP contribution in [-0.4, -0.2) is 27.6 Å². The first kappa shape index (κ1) is 14.1. The van der Waals surface area contributed by atoms with Gasteiger partial charge in [-0.25, -0.2) is 0 Å². The number of amides is 1. The first-order chi connectivity index (χ1) is 9.61. The van der Waals surface area contributed by atoms with E-state index in [2.05, 4.69) is 5.10 Å². The third-order valence-corrected chi connectivity index (χ3v) is 3.22. The molecule has 2 aromatic rings. The highest BCUT2D eigenvalue weighted by atomic mass is 16.3. The van der Waals surface area contributed by atoms with E-state index in [4.69, 9.17) is 4.42 Å². The minimum Gasteiger partial charge on any atom is -0.465 e. The zero-order chi connectivity index (χ0) is 14.5. The summed E-state index contributed by atoms with van der Waals surface area (Å²) in [5, 5.41) is 4.28. The zero-order valence-electron chi connectivity index (χ0n) is 12.0. The van der Waals surface area contributed by atoms with Crippen molar-refractivity contribution in [3.8, 4) is 0 Å². The van der Waals surface area contributed by atoms with Crippen molar-refractivity contribution >= 4 is 12.0 Å². The Kier molecular flexibility index (Phi) is 4.40. The average Bonchev–Trinajstić information content (AvgIpc) is 3.07. The highest BCUT2D eigenvalue weighted by Crippen LogP contribution is 2.10. The summed E-state index contributed by atoms with van der Waals surface area (Å²) < 4.78 is 7.07. The van der Waals surface area contributed by atoms with Crippen LogP contribution in [0.15, 0.2) is 35.1 Å². The van der Waals surface area contributed by atoms with Gasteiger partial charge >= 0.3 is 0 Å². The molecule has 0 aliphatic heterocycles. The molecule has 2 heterocycles. The maximum atomic E-state index is 12.0. The van der Waals surface area contributed by atoms with E-state index in [0.29, 0.717) is 12.3 Å². The molecular weight excluding hydrogens is 254 g/mol. The van der Waals surface area contributed by atoms with Gasteiger partial charge in [0.15, 0.2) is 0 Å². The number of nitrogens with zero attached hydrogens (tertiary/aromatic N) is 3. The van der Waals surface area contributed by atoms with Crippen molar-refractivity contribution in [1.29, 1.82) is 0 Å². The minimum absolute atomic E-state index is 0.0648. The first-order valence-corrected chi connectivity index (χ1v) is 6.59. The molecule has 0 atom stereocenters. The maximum Gasteiger partial charge on any atom is 0.246 e. The Morgan fingerprint density at radius 3 is 2.95 bits per heavy atom. The quantitative estimate of drug-likeness (QED) is 0.786. The van der Waals surface area contributed by atoms with E-state index < -0.39 is 0 Å². The fourth-order valence-corrected chi connectivity index (χ4v) is 1.96. The standard InChI is InChI=1S/C15H19N3O2/c1-4-18-12(2)13(10-16-18)11-17(3)15(19)8-7-14-6-5-9-20-14/h5-10H,4,11H2,1-3H3/b8-7+. The van der Waals surface area contributed by atoms with Gasteiger partial charge in [-0.2, -0.15) is 5.10 Å². The molecule has 20 heavy (non-hydrogen) atoms. The van der Waals surface area contributed by atoms with Crippen LogP contribution in [0.25, 0.3) is 6.08 Å². The summed E-state index contributed by atoms with van der Waals surface area (Å²) >= 11 is 0. The summed E-state index contributed by atoms with van der Waals surface area (Å²) in [6, 6.07) is 3.59. The van der Waals surface area contributed by atoms with Crippen molar-refractivity contribution in [1.82, 2.24) is 14.7 Å². The molecule has 0 aliphatic carbocycles. The van der Waals surface area contributed by atoms with E-state index >= 15 is 0 Å². The van der Waals surface area contributed by atoms with Crippen molar-refractivity contribution in [3.05, 3.63) is 47.7 Å². The monoisotopic (exact) mass is 273 g/mol. The highest BCUT2D eigenvalue weighted by molar-refractivity contribution is 5.91. The van der Waals surface area contributed by atoms with E-state index in [1.807, 2.05) is 24.7 Å². The molecule has 2 aromatic heterocycles. The number of carbonyl (C=O) groups is 1. The van der Waals surface area contributed by atoms with E-state index in [1.165, 1.54) is 6.08 Å². The molecule has 0 unspecified atom stereocenters. The number of furan rings is 1. The van der Waals surface area contributed by atoms with Crippen molar-refractivity contribution in [2.24, 2.45) is 0 Å². The largest absolute Gasteiger partial charge is 0.465 e. The van der Waals surface area contributed by atoms with Crippen molar-refractivity contribution in [2.75, 3.05) is 7.05 Å². The number of aromatic nitrogens is 2. The van der Waals surface area contributed by atoms with E-state index in [-0.39, 0.29) is 5.91 Å². The fourth-order valence-electron chi connectivity index (χ4n) is 1.96. The van der Waals surface area contributed by atoms with Crippen LogP contribution in [0.4, 0.5) is 0 Å². The maximum absolute atomic E-state index is 12.0. The molecule has 0 fully saturated rings. The zero-order valence-corrected chi connectivity index (χ0v) is 12.0. The number of rotatable bonds is 5. The van der Waals surface area contributed by atoms with Crippen molar-refractivity contribution in [3.63, 3.8) is 0 Å².